The molecule has 2 aromatic rings. The summed E-state index contributed by atoms with van der Waals surface area (Å²) < 4.78 is 24.0. The molecule has 132 valence electrons. The number of aliphatic imine (C=N–C) groups is 1. The molecule has 0 spiro atoms. The molecule has 2 aliphatic rings. The van der Waals surface area contributed by atoms with Crippen LogP contribution >= 0.6 is 0 Å². The number of benzene rings is 2. The van der Waals surface area contributed by atoms with Gasteiger partial charge in [0.1, 0.15) is 30.6 Å². The molecule has 0 radical (unpaired) electrons. The molecule has 5 nitrogen and oxygen atoms in total. The molecule has 2 heterocycles. The normalized spacial score (nSPS) is 17.2. The number of halogens is 1. The zero-order valence-corrected chi connectivity index (χ0v) is 14.0. The van der Waals surface area contributed by atoms with Gasteiger partial charge >= 0.3 is 0 Å². The van der Waals surface area contributed by atoms with Crippen molar-refractivity contribution in [3.05, 3.63) is 65.1 Å². The van der Waals surface area contributed by atoms with Gasteiger partial charge in [0, 0.05) is 6.42 Å². The molecule has 26 heavy (non-hydrogen) atoms. The number of aryl methyl sites for hydroxylation is 1. The Morgan fingerprint density at radius 1 is 1.04 bits per heavy atom. The fraction of sp³-hybridized carbons (Fsp3) is 0.200. The quantitative estimate of drug-likeness (QED) is 0.860. The number of hydrogen-bond acceptors (Lipinski definition) is 4. The summed E-state index contributed by atoms with van der Waals surface area (Å²) in [7, 11) is 0. The molecule has 0 fully saturated rings. The molecule has 0 saturated heterocycles. The number of fused-ring (bicyclic) bond motifs is 1. The fourth-order valence-electron chi connectivity index (χ4n) is 2.86. The highest BCUT2D eigenvalue weighted by Gasteiger charge is 2.20. The topological polar surface area (TPSA) is 59.9 Å². The van der Waals surface area contributed by atoms with Crippen LogP contribution in [0.2, 0.25) is 0 Å². The third-order valence-corrected chi connectivity index (χ3v) is 4.18. The monoisotopic (exact) mass is 352 g/mol. The van der Waals surface area contributed by atoms with Crippen LogP contribution in [0.5, 0.6) is 11.5 Å². The zero-order chi connectivity index (χ0) is 17.9. The lowest BCUT2D eigenvalue weighted by molar-refractivity contribution is -0.115. The van der Waals surface area contributed by atoms with Gasteiger partial charge in [-0.05, 0) is 47.9 Å². The number of amidine groups is 1. The zero-order valence-electron chi connectivity index (χ0n) is 14.0. The van der Waals surface area contributed by atoms with E-state index in [0.717, 1.165) is 11.1 Å². The third kappa shape index (κ3) is 3.59. The number of rotatable bonds is 4. The number of hydrogen-bond donors (Lipinski definition) is 1. The molecule has 0 aromatic heterocycles. The van der Waals surface area contributed by atoms with Gasteiger partial charge in [-0.15, -0.1) is 0 Å². The minimum Gasteiger partial charge on any atom is -0.486 e. The first-order valence-corrected chi connectivity index (χ1v) is 8.42. The van der Waals surface area contributed by atoms with Crippen molar-refractivity contribution >= 4 is 17.8 Å². The lowest BCUT2D eigenvalue weighted by atomic mass is 10.1. The number of carbonyl (C=O) groups excluding carboxylic acids is 1. The second-order valence-corrected chi connectivity index (χ2v) is 6.07. The molecule has 0 atom stereocenters. The molecule has 1 N–H and O–H groups in total. The summed E-state index contributed by atoms with van der Waals surface area (Å²) in [6, 6.07) is 11.8. The van der Waals surface area contributed by atoms with Gasteiger partial charge in [0.2, 0.25) is 0 Å². The van der Waals surface area contributed by atoms with Crippen molar-refractivity contribution in [3.8, 4) is 11.5 Å². The maximum atomic E-state index is 12.9. The van der Waals surface area contributed by atoms with Gasteiger partial charge in [-0.25, -0.2) is 9.38 Å². The maximum absolute atomic E-state index is 12.9. The van der Waals surface area contributed by atoms with E-state index in [1.807, 2.05) is 18.2 Å². The highest BCUT2D eigenvalue weighted by molar-refractivity contribution is 6.14. The van der Waals surface area contributed by atoms with E-state index >= 15 is 0 Å². The SMILES string of the molecule is O=C1NC(CCc2ccc(F)cc2)=N/C1=C/c1ccc2c(c1)OCCO2. The molecule has 0 unspecified atom stereocenters. The van der Waals surface area contributed by atoms with E-state index in [0.29, 0.717) is 49.1 Å². The van der Waals surface area contributed by atoms with Crippen molar-refractivity contribution in [2.24, 2.45) is 4.99 Å². The lowest BCUT2D eigenvalue weighted by Crippen LogP contribution is -2.24. The summed E-state index contributed by atoms with van der Waals surface area (Å²) in [5.41, 5.74) is 2.17. The Morgan fingerprint density at radius 2 is 1.81 bits per heavy atom. The van der Waals surface area contributed by atoms with Crippen LogP contribution in [0.15, 0.2) is 53.2 Å². The highest BCUT2D eigenvalue weighted by Crippen LogP contribution is 2.31. The summed E-state index contributed by atoms with van der Waals surface area (Å²) in [6.45, 7) is 1.05. The van der Waals surface area contributed by atoms with Gasteiger partial charge in [0.25, 0.3) is 5.91 Å². The molecule has 0 saturated carbocycles. The van der Waals surface area contributed by atoms with E-state index in [2.05, 4.69) is 10.3 Å². The standard InChI is InChI=1S/C20H17FN2O3/c21-15-5-1-13(2-6-15)4-8-19-22-16(20(24)23-19)11-14-3-7-17-18(12-14)26-10-9-25-17/h1-3,5-7,11-12H,4,8-10H2,(H,22,23,24)/b16-11+. The van der Waals surface area contributed by atoms with Gasteiger partial charge in [-0.1, -0.05) is 18.2 Å². The predicted octanol–water partition coefficient (Wildman–Crippen LogP) is 3.10. The van der Waals surface area contributed by atoms with Crippen LogP contribution in [0, 0.1) is 5.82 Å². The molecule has 0 aliphatic carbocycles. The smallest absolute Gasteiger partial charge is 0.275 e. The lowest BCUT2D eigenvalue weighted by Gasteiger charge is -2.18. The first-order valence-electron chi connectivity index (χ1n) is 8.42. The van der Waals surface area contributed by atoms with Gasteiger partial charge < -0.3 is 14.8 Å². The number of amides is 1. The molecule has 0 bridgehead atoms. The Morgan fingerprint density at radius 3 is 2.62 bits per heavy atom. The number of carbonyl (C=O) groups is 1. The predicted molar refractivity (Wildman–Crippen MR) is 95.7 cm³/mol. The van der Waals surface area contributed by atoms with E-state index in [4.69, 9.17) is 9.47 Å². The van der Waals surface area contributed by atoms with Gasteiger partial charge in [0.15, 0.2) is 11.5 Å². The Balaban J connectivity index is 1.47. The fourth-order valence-corrected chi connectivity index (χ4v) is 2.86. The van der Waals surface area contributed by atoms with E-state index in [-0.39, 0.29) is 11.7 Å². The minimum absolute atomic E-state index is 0.228. The van der Waals surface area contributed by atoms with Crippen LogP contribution in [0.4, 0.5) is 4.39 Å². The molecular weight excluding hydrogens is 335 g/mol. The molecule has 1 amide bonds. The van der Waals surface area contributed by atoms with Crippen molar-refractivity contribution < 1.29 is 18.7 Å². The largest absolute Gasteiger partial charge is 0.486 e. The Labute approximate surface area is 150 Å². The molecule has 4 rings (SSSR count). The van der Waals surface area contributed by atoms with Crippen molar-refractivity contribution in [3.63, 3.8) is 0 Å². The summed E-state index contributed by atoms with van der Waals surface area (Å²) in [6.07, 6.45) is 2.98. The average molecular weight is 352 g/mol. The second-order valence-electron chi connectivity index (χ2n) is 6.07. The Hall–Kier alpha value is -3.15. The Kier molecular flexibility index (Phi) is 4.39. The summed E-state index contributed by atoms with van der Waals surface area (Å²) in [5, 5.41) is 2.78. The summed E-state index contributed by atoms with van der Waals surface area (Å²) in [4.78, 5) is 16.5. The average Bonchev–Trinajstić information content (AvgIpc) is 3.01. The van der Waals surface area contributed by atoms with Gasteiger partial charge in [0.05, 0.1) is 0 Å². The minimum atomic E-state index is -0.259. The van der Waals surface area contributed by atoms with Crippen LogP contribution in [0.1, 0.15) is 17.5 Å². The maximum Gasteiger partial charge on any atom is 0.275 e. The summed E-state index contributed by atoms with van der Waals surface area (Å²) in [5.74, 6) is 1.50. The third-order valence-electron chi connectivity index (χ3n) is 4.18. The molecule has 2 aromatic carbocycles. The van der Waals surface area contributed by atoms with Crippen LogP contribution < -0.4 is 14.8 Å². The van der Waals surface area contributed by atoms with E-state index in [9.17, 15) is 9.18 Å². The highest BCUT2D eigenvalue weighted by atomic mass is 19.1. The van der Waals surface area contributed by atoms with Gasteiger partial charge in [-0.2, -0.15) is 0 Å². The molecule has 6 heteroatoms. The summed E-state index contributed by atoms with van der Waals surface area (Å²) >= 11 is 0. The first kappa shape index (κ1) is 16.3. The van der Waals surface area contributed by atoms with Crippen LogP contribution in [0.25, 0.3) is 6.08 Å². The van der Waals surface area contributed by atoms with Crippen molar-refractivity contribution in [2.45, 2.75) is 12.8 Å². The number of nitrogens with one attached hydrogen (secondary N) is 1. The second kappa shape index (κ2) is 7.00. The molecular formula is C20H17FN2O3. The van der Waals surface area contributed by atoms with E-state index in [1.165, 1.54) is 12.1 Å². The van der Waals surface area contributed by atoms with Crippen molar-refractivity contribution in [1.29, 1.82) is 0 Å². The van der Waals surface area contributed by atoms with E-state index in [1.54, 1.807) is 18.2 Å². The van der Waals surface area contributed by atoms with E-state index < -0.39 is 0 Å². The Bertz CT molecular complexity index is 904. The molecule has 2 aliphatic heterocycles. The number of nitrogens with zero attached hydrogens (tertiary/aromatic N) is 1. The van der Waals surface area contributed by atoms with Crippen molar-refractivity contribution in [2.75, 3.05) is 13.2 Å². The number of ether oxygens (including phenoxy) is 2. The first-order chi connectivity index (χ1) is 12.7. The van der Waals surface area contributed by atoms with Crippen LogP contribution in [-0.2, 0) is 11.2 Å². The van der Waals surface area contributed by atoms with Crippen LogP contribution in [0.3, 0.4) is 0 Å². The van der Waals surface area contributed by atoms with Gasteiger partial charge in [-0.3, -0.25) is 4.79 Å². The van der Waals surface area contributed by atoms with Crippen molar-refractivity contribution in [1.82, 2.24) is 5.32 Å². The van der Waals surface area contributed by atoms with Crippen LogP contribution in [-0.4, -0.2) is 25.0 Å².